The van der Waals surface area contributed by atoms with Crippen LogP contribution in [0.15, 0.2) is 36.4 Å². The second kappa shape index (κ2) is 7.26. The van der Waals surface area contributed by atoms with Crippen molar-refractivity contribution in [3.63, 3.8) is 0 Å². The number of nitrogens with zero attached hydrogens (tertiary/aromatic N) is 1. The Morgan fingerprint density at radius 1 is 1.19 bits per heavy atom. The van der Waals surface area contributed by atoms with E-state index in [9.17, 15) is 0 Å². The smallest absolute Gasteiger partial charge is 0.118 e. The lowest BCUT2D eigenvalue weighted by Gasteiger charge is -2.23. The third-order valence-electron chi connectivity index (χ3n) is 3.41. The number of hydrogen-bond donors (Lipinski definition) is 1. The van der Waals surface area contributed by atoms with E-state index in [2.05, 4.69) is 37.4 Å². The molecule has 3 nitrogen and oxygen atoms in total. The van der Waals surface area contributed by atoms with Crippen molar-refractivity contribution >= 4 is 11.3 Å². The number of methoxy groups -OCH3 is 1. The maximum atomic E-state index is 8.87. The lowest BCUT2D eigenvalue weighted by atomic mass is 9.96. The molecule has 0 aliphatic heterocycles. The van der Waals surface area contributed by atoms with Crippen molar-refractivity contribution < 1.29 is 4.74 Å². The molecule has 0 aliphatic carbocycles. The summed E-state index contributed by atoms with van der Waals surface area (Å²) in [6, 6.07) is 14.5. The van der Waals surface area contributed by atoms with Crippen molar-refractivity contribution in [3.05, 3.63) is 51.7 Å². The van der Waals surface area contributed by atoms with Gasteiger partial charge in [-0.3, -0.25) is 0 Å². The number of benzene rings is 1. The van der Waals surface area contributed by atoms with Crippen molar-refractivity contribution in [2.45, 2.75) is 26.4 Å². The Bertz CT molecular complexity index is 610. The number of ether oxygens (including phenoxy) is 1. The highest BCUT2D eigenvalue weighted by Gasteiger charge is 2.15. The first-order chi connectivity index (χ1) is 10.1. The molecule has 0 saturated carbocycles. The average Bonchev–Trinajstić information content (AvgIpc) is 2.96. The average molecular weight is 300 g/mol. The predicted octanol–water partition coefficient (Wildman–Crippen LogP) is 4.12. The highest BCUT2D eigenvalue weighted by Crippen LogP contribution is 2.25. The van der Waals surface area contributed by atoms with Crippen LogP contribution in [0, 0.1) is 17.2 Å². The van der Waals surface area contributed by atoms with Crippen LogP contribution in [0.2, 0.25) is 0 Å². The quantitative estimate of drug-likeness (QED) is 0.873. The fraction of sp³-hybridized carbons (Fsp3) is 0.353. The summed E-state index contributed by atoms with van der Waals surface area (Å²) in [6.45, 7) is 5.19. The maximum absolute atomic E-state index is 8.87. The lowest BCUT2D eigenvalue weighted by Crippen LogP contribution is -2.25. The predicted molar refractivity (Wildman–Crippen MR) is 86.4 cm³/mol. The minimum Gasteiger partial charge on any atom is -0.497 e. The van der Waals surface area contributed by atoms with Gasteiger partial charge in [0.15, 0.2) is 0 Å². The number of hydrogen-bond acceptors (Lipinski definition) is 4. The molecule has 1 heterocycles. The van der Waals surface area contributed by atoms with E-state index < -0.39 is 0 Å². The molecule has 0 aliphatic rings. The Hall–Kier alpha value is -1.83. The van der Waals surface area contributed by atoms with Gasteiger partial charge in [-0.05, 0) is 35.7 Å². The van der Waals surface area contributed by atoms with Gasteiger partial charge < -0.3 is 10.1 Å². The molecule has 1 aromatic carbocycles. The van der Waals surface area contributed by atoms with Crippen LogP contribution in [0.3, 0.4) is 0 Å². The number of nitrogens with one attached hydrogen (secondary N) is 1. The fourth-order valence-corrected chi connectivity index (χ4v) is 3.05. The zero-order valence-corrected chi connectivity index (χ0v) is 13.4. The largest absolute Gasteiger partial charge is 0.497 e. The normalized spacial score (nSPS) is 12.1. The minimum atomic E-state index is 0.281. The van der Waals surface area contributed by atoms with Crippen LogP contribution >= 0.6 is 11.3 Å². The molecule has 0 saturated heterocycles. The van der Waals surface area contributed by atoms with Crippen LogP contribution in [0.4, 0.5) is 0 Å². The van der Waals surface area contributed by atoms with E-state index in [-0.39, 0.29) is 6.04 Å². The number of nitriles is 1. The summed E-state index contributed by atoms with van der Waals surface area (Å²) in [5, 5.41) is 12.5. The Morgan fingerprint density at radius 3 is 2.43 bits per heavy atom. The molecule has 0 amide bonds. The molecule has 0 spiro atoms. The van der Waals surface area contributed by atoms with Crippen molar-refractivity contribution in [1.82, 2.24) is 5.32 Å². The van der Waals surface area contributed by atoms with E-state index >= 15 is 0 Å². The summed E-state index contributed by atoms with van der Waals surface area (Å²) in [5.74, 6) is 1.35. The fourth-order valence-electron chi connectivity index (χ4n) is 2.29. The molecule has 0 fully saturated rings. The number of thiophene rings is 1. The second-order valence-electron chi connectivity index (χ2n) is 5.25. The van der Waals surface area contributed by atoms with Crippen LogP contribution in [-0.4, -0.2) is 7.11 Å². The zero-order valence-electron chi connectivity index (χ0n) is 12.6. The number of rotatable bonds is 6. The van der Waals surface area contributed by atoms with Gasteiger partial charge in [-0.1, -0.05) is 26.0 Å². The standard InChI is InChI=1S/C17H20N2OS/c1-12(2)17(13-4-6-14(20-3)7-5-13)19-11-16-9-8-15(10-18)21-16/h4-9,12,17,19H,11H2,1-3H3/t17-/m0/s1. The molecular weight excluding hydrogens is 280 g/mol. The first-order valence-corrected chi connectivity index (χ1v) is 7.82. The molecule has 2 rings (SSSR count). The summed E-state index contributed by atoms with van der Waals surface area (Å²) >= 11 is 1.54. The van der Waals surface area contributed by atoms with Gasteiger partial charge in [0, 0.05) is 17.5 Å². The van der Waals surface area contributed by atoms with E-state index in [0.717, 1.165) is 17.2 Å². The molecule has 0 radical (unpaired) electrons. The topological polar surface area (TPSA) is 45.0 Å². The van der Waals surface area contributed by atoms with Gasteiger partial charge >= 0.3 is 0 Å². The monoisotopic (exact) mass is 300 g/mol. The van der Waals surface area contributed by atoms with Gasteiger partial charge in [0.05, 0.1) is 7.11 Å². The summed E-state index contributed by atoms with van der Waals surface area (Å²) < 4.78 is 5.20. The van der Waals surface area contributed by atoms with Gasteiger partial charge in [0.25, 0.3) is 0 Å². The van der Waals surface area contributed by atoms with E-state index in [1.165, 1.54) is 10.4 Å². The zero-order chi connectivity index (χ0) is 15.2. The van der Waals surface area contributed by atoms with Crippen LogP contribution < -0.4 is 10.1 Å². The Morgan fingerprint density at radius 2 is 1.90 bits per heavy atom. The summed E-state index contributed by atoms with van der Waals surface area (Å²) in [6.07, 6.45) is 0. The molecule has 0 unspecified atom stereocenters. The van der Waals surface area contributed by atoms with Gasteiger partial charge in [0.2, 0.25) is 0 Å². The lowest BCUT2D eigenvalue weighted by molar-refractivity contribution is 0.405. The second-order valence-corrected chi connectivity index (χ2v) is 6.42. The molecule has 110 valence electrons. The van der Waals surface area contributed by atoms with Gasteiger partial charge in [-0.15, -0.1) is 11.3 Å². The van der Waals surface area contributed by atoms with Gasteiger partial charge in [-0.25, -0.2) is 0 Å². The molecular formula is C17H20N2OS. The summed E-state index contributed by atoms with van der Waals surface area (Å²) in [4.78, 5) is 1.95. The van der Waals surface area contributed by atoms with Gasteiger partial charge in [-0.2, -0.15) is 5.26 Å². The molecule has 21 heavy (non-hydrogen) atoms. The highest BCUT2D eigenvalue weighted by atomic mass is 32.1. The van der Waals surface area contributed by atoms with Crippen LogP contribution in [0.1, 0.15) is 35.2 Å². The first kappa shape index (κ1) is 15.6. The van der Waals surface area contributed by atoms with Crippen molar-refractivity contribution in [2.24, 2.45) is 5.92 Å². The highest BCUT2D eigenvalue weighted by molar-refractivity contribution is 7.12. The molecule has 0 bridgehead atoms. The molecule has 1 aromatic heterocycles. The SMILES string of the molecule is COc1ccc([C@@H](NCc2ccc(C#N)s2)C(C)C)cc1. The maximum Gasteiger partial charge on any atom is 0.118 e. The van der Waals surface area contributed by atoms with Gasteiger partial charge in [0.1, 0.15) is 16.7 Å². The van der Waals surface area contributed by atoms with Crippen molar-refractivity contribution in [3.8, 4) is 11.8 Å². The van der Waals surface area contributed by atoms with Crippen molar-refractivity contribution in [2.75, 3.05) is 7.11 Å². The molecule has 1 atom stereocenters. The third kappa shape index (κ3) is 4.07. The summed E-state index contributed by atoms with van der Waals surface area (Å²) in [5.41, 5.74) is 1.25. The Kier molecular flexibility index (Phi) is 5.38. The van der Waals surface area contributed by atoms with E-state index in [1.54, 1.807) is 18.4 Å². The molecule has 1 N–H and O–H groups in total. The third-order valence-corrected chi connectivity index (χ3v) is 4.40. The van der Waals surface area contributed by atoms with Crippen LogP contribution in [-0.2, 0) is 6.54 Å². The molecule has 4 heteroatoms. The van der Waals surface area contributed by atoms with Crippen LogP contribution in [0.5, 0.6) is 5.75 Å². The van der Waals surface area contributed by atoms with Crippen molar-refractivity contribution in [1.29, 1.82) is 5.26 Å². The van der Waals surface area contributed by atoms with E-state index in [1.807, 2.05) is 24.3 Å². The van der Waals surface area contributed by atoms with Crippen LogP contribution in [0.25, 0.3) is 0 Å². The minimum absolute atomic E-state index is 0.281. The van der Waals surface area contributed by atoms with E-state index in [4.69, 9.17) is 10.00 Å². The Balaban J connectivity index is 2.06. The molecule has 2 aromatic rings. The first-order valence-electron chi connectivity index (χ1n) is 7.00. The summed E-state index contributed by atoms with van der Waals surface area (Å²) in [7, 11) is 1.68. The van der Waals surface area contributed by atoms with E-state index in [0.29, 0.717) is 5.92 Å². The Labute approximate surface area is 130 Å².